The van der Waals surface area contributed by atoms with E-state index in [-0.39, 0.29) is 24.9 Å². The first kappa shape index (κ1) is 6.73. The first-order chi connectivity index (χ1) is 4.74. The van der Waals surface area contributed by atoms with Crippen molar-refractivity contribution in [3.05, 3.63) is 0 Å². The van der Waals surface area contributed by atoms with Gasteiger partial charge in [-0.25, -0.2) is 0 Å². The van der Waals surface area contributed by atoms with Gasteiger partial charge in [-0.15, -0.1) is 0 Å². The summed E-state index contributed by atoms with van der Waals surface area (Å²) in [6, 6.07) is 0. The molecule has 3 amide bonds. The number of hydrogen-bond acceptors (Lipinski definition) is 3. The van der Waals surface area contributed by atoms with Gasteiger partial charge < -0.3 is 5.32 Å². The van der Waals surface area contributed by atoms with Crippen LogP contribution in [0.25, 0.3) is 0 Å². The number of nitrogens with one attached hydrogen (secondary N) is 1. The molecule has 0 aromatic rings. The van der Waals surface area contributed by atoms with Crippen molar-refractivity contribution < 1.29 is 14.4 Å². The number of nitrogens with zero attached hydrogens (tertiary/aromatic N) is 1. The Morgan fingerprint density at radius 1 is 1.50 bits per heavy atom. The highest BCUT2D eigenvalue weighted by atomic mass is 16.2. The molecule has 0 saturated carbocycles. The minimum Gasteiger partial charge on any atom is -0.345 e. The number of rotatable bonds is 1. The predicted molar refractivity (Wildman–Crippen MR) is 30.8 cm³/mol. The quantitative estimate of drug-likeness (QED) is 0.435. The average molecular weight is 142 g/mol. The van der Waals surface area contributed by atoms with Gasteiger partial charge in [0, 0.05) is 0 Å². The van der Waals surface area contributed by atoms with Gasteiger partial charge in [-0.3, -0.25) is 19.3 Å². The van der Waals surface area contributed by atoms with Crippen LogP contribution in [-0.2, 0) is 14.4 Å². The monoisotopic (exact) mass is 142 g/mol. The Morgan fingerprint density at radius 2 is 2.20 bits per heavy atom. The third-order valence-electron chi connectivity index (χ3n) is 1.20. The number of carbonyl (C=O) groups is 3. The summed E-state index contributed by atoms with van der Waals surface area (Å²) >= 11 is 0. The fourth-order valence-electron chi connectivity index (χ4n) is 0.671. The molecule has 1 fully saturated rings. The average Bonchev–Trinajstić information content (AvgIpc) is 1.94. The second kappa shape index (κ2) is 2.47. The standard InChI is InChI=1S/C5H6N2O3/c8-3-7-2-4(9)6-1-5(7)10/h3H,1-2H2,(H,6,9). The lowest BCUT2D eigenvalue weighted by Crippen LogP contribution is -2.50. The molecule has 10 heavy (non-hydrogen) atoms. The molecule has 54 valence electrons. The van der Waals surface area contributed by atoms with Gasteiger partial charge in [0.05, 0.1) is 6.54 Å². The Balaban J connectivity index is 2.62. The molecule has 0 bridgehead atoms. The Hall–Kier alpha value is -1.39. The van der Waals surface area contributed by atoms with Crippen LogP contribution in [0.15, 0.2) is 0 Å². The highest BCUT2D eigenvalue weighted by Gasteiger charge is 2.21. The number of carbonyl (C=O) groups excluding carboxylic acids is 3. The van der Waals surface area contributed by atoms with E-state index in [4.69, 9.17) is 0 Å². The Kier molecular flexibility index (Phi) is 1.66. The summed E-state index contributed by atoms with van der Waals surface area (Å²) < 4.78 is 0. The highest BCUT2D eigenvalue weighted by molar-refractivity contribution is 5.98. The minimum atomic E-state index is -0.366. The van der Waals surface area contributed by atoms with E-state index in [1.165, 1.54) is 0 Å². The van der Waals surface area contributed by atoms with Crippen LogP contribution in [0.5, 0.6) is 0 Å². The van der Waals surface area contributed by atoms with E-state index in [2.05, 4.69) is 5.32 Å². The van der Waals surface area contributed by atoms with Crippen molar-refractivity contribution in [2.45, 2.75) is 0 Å². The van der Waals surface area contributed by atoms with Gasteiger partial charge in [0.15, 0.2) is 0 Å². The zero-order valence-electron chi connectivity index (χ0n) is 5.16. The zero-order chi connectivity index (χ0) is 7.56. The molecule has 0 aliphatic carbocycles. The molecule has 1 heterocycles. The Bertz CT molecular complexity index is 189. The minimum absolute atomic E-state index is 0.0719. The lowest BCUT2D eigenvalue weighted by Gasteiger charge is -2.19. The van der Waals surface area contributed by atoms with E-state index in [1.807, 2.05) is 0 Å². The maximum atomic E-state index is 10.7. The van der Waals surface area contributed by atoms with Gasteiger partial charge in [-0.2, -0.15) is 0 Å². The molecule has 1 saturated heterocycles. The predicted octanol–water partition coefficient (Wildman–Crippen LogP) is -1.90. The molecule has 0 radical (unpaired) electrons. The molecule has 0 spiro atoms. The third-order valence-corrected chi connectivity index (χ3v) is 1.20. The topological polar surface area (TPSA) is 66.5 Å². The maximum Gasteiger partial charge on any atom is 0.248 e. The van der Waals surface area contributed by atoms with Gasteiger partial charge in [0.25, 0.3) is 0 Å². The van der Waals surface area contributed by atoms with E-state index in [0.717, 1.165) is 4.90 Å². The van der Waals surface area contributed by atoms with Gasteiger partial charge in [-0.1, -0.05) is 0 Å². The van der Waals surface area contributed by atoms with E-state index in [1.54, 1.807) is 0 Å². The smallest absolute Gasteiger partial charge is 0.248 e. The van der Waals surface area contributed by atoms with Crippen LogP contribution < -0.4 is 5.32 Å². The molecule has 0 atom stereocenters. The van der Waals surface area contributed by atoms with Gasteiger partial charge in [0.1, 0.15) is 6.54 Å². The van der Waals surface area contributed by atoms with E-state index in [9.17, 15) is 14.4 Å². The molecular weight excluding hydrogens is 136 g/mol. The molecule has 0 aromatic heterocycles. The summed E-state index contributed by atoms with van der Waals surface area (Å²) in [4.78, 5) is 32.1. The van der Waals surface area contributed by atoms with Crippen molar-refractivity contribution in [1.82, 2.24) is 10.2 Å². The molecule has 5 nitrogen and oxygen atoms in total. The van der Waals surface area contributed by atoms with E-state index >= 15 is 0 Å². The first-order valence-electron chi connectivity index (χ1n) is 2.75. The van der Waals surface area contributed by atoms with Crippen molar-refractivity contribution in [2.75, 3.05) is 13.1 Å². The van der Waals surface area contributed by atoms with Crippen molar-refractivity contribution in [2.24, 2.45) is 0 Å². The Morgan fingerprint density at radius 3 is 2.70 bits per heavy atom. The molecule has 1 rings (SSSR count). The van der Waals surface area contributed by atoms with Crippen LogP contribution in [0.3, 0.4) is 0 Å². The van der Waals surface area contributed by atoms with Gasteiger partial charge in [-0.05, 0) is 0 Å². The molecule has 1 N–H and O–H groups in total. The second-order valence-electron chi connectivity index (χ2n) is 1.90. The third kappa shape index (κ3) is 1.12. The summed E-state index contributed by atoms with van der Waals surface area (Å²) in [7, 11) is 0. The Labute approximate surface area is 57.0 Å². The zero-order valence-corrected chi connectivity index (χ0v) is 5.16. The fraction of sp³-hybridized carbons (Fsp3) is 0.400. The molecular formula is C5H6N2O3. The molecule has 0 unspecified atom stereocenters. The number of piperazine rings is 1. The van der Waals surface area contributed by atoms with Crippen molar-refractivity contribution >= 4 is 18.2 Å². The second-order valence-corrected chi connectivity index (χ2v) is 1.90. The van der Waals surface area contributed by atoms with Crippen molar-refractivity contribution in [3.8, 4) is 0 Å². The fourth-order valence-corrected chi connectivity index (χ4v) is 0.671. The van der Waals surface area contributed by atoms with Crippen LogP contribution >= 0.6 is 0 Å². The van der Waals surface area contributed by atoms with E-state index in [0.29, 0.717) is 6.41 Å². The van der Waals surface area contributed by atoms with Crippen LogP contribution in [0, 0.1) is 0 Å². The normalized spacial score (nSPS) is 18.6. The van der Waals surface area contributed by atoms with Gasteiger partial charge >= 0.3 is 0 Å². The van der Waals surface area contributed by atoms with E-state index < -0.39 is 0 Å². The van der Waals surface area contributed by atoms with Crippen LogP contribution in [0.2, 0.25) is 0 Å². The number of amides is 3. The number of hydrogen-bond donors (Lipinski definition) is 1. The van der Waals surface area contributed by atoms with Crippen LogP contribution in [0.4, 0.5) is 0 Å². The number of imide groups is 1. The van der Waals surface area contributed by atoms with Crippen molar-refractivity contribution in [3.63, 3.8) is 0 Å². The van der Waals surface area contributed by atoms with Crippen molar-refractivity contribution in [1.29, 1.82) is 0 Å². The summed E-state index contributed by atoms with van der Waals surface area (Å²) in [6.45, 7) is -0.222. The SMILES string of the molecule is O=CN1CC(=O)NCC1=O. The summed E-state index contributed by atoms with van der Waals surface area (Å²) in [5, 5.41) is 2.31. The summed E-state index contributed by atoms with van der Waals surface area (Å²) in [6.07, 6.45) is 0.362. The first-order valence-corrected chi connectivity index (χ1v) is 2.75. The summed E-state index contributed by atoms with van der Waals surface area (Å²) in [5.74, 6) is -0.665. The molecule has 0 aromatic carbocycles. The highest BCUT2D eigenvalue weighted by Crippen LogP contribution is 1.89. The molecule has 1 aliphatic heterocycles. The van der Waals surface area contributed by atoms with Crippen LogP contribution in [-0.4, -0.2) is 36.2 Å². The summed E-state index contributed by atoms with van der Waals surface area (Å²) in [5.41, 5.74) is 0. The van der Waals surface area contributed by atoms with Gasteiger partial charge in [0.2, 0.25) is 18.2 Å². The molecule has 5 heteroatoms. The van der Waals surface area contributed by atoms with Crippen LogP contribution in [0.1, 0.15) is 0 Å². The maximum absolute atomic E-state index is 10.7. The largest absolute Gasteiger partial charge is 0.345 e. The lowest BCUT2D eigenvalue weighted by atomic mass is 10.4. The molecule has 1 aliphatic rings. The lowest BCUT2D eigenvalue weighted by molar-refractivity contribution is -0.145.